The van der Waals surface area contributed by atoms with Gasteiger partial charge in [0.1, 0.15) is 17.2 Å². The Kier molecular flexibility index (Phi) is 7.17. The van der Waals surface area contributed by atoms with Crippen molar-refractivity contribution in [1.82, 2.24) is 10.1 Å². The van der Waals surface area contributed by atoms with Crippen LogP contribution in [0.1, 0.15) is 78.2 Å². The Morgan fingerprint density at radius 2 is 1.93 bits per heavy atom. The van der Waals surface area contributed by atoms with Crippen LogP contribution >= 0.6 is 0 Å². The van der Waals surface area contributed by atoms with Crippen LogP contribution in [0.4, 0.5) is 5.69 Å². The molecule has 0 amide bonds. The molecule has 0 radical (unpaired) electrons. The van der Waals surface area contributed by atoms with Crippen LogP contribution in [0.15, 0.2) is 58.6 Å². The van der Waals surface area contributed by atoms with E-state index in [-0.39, 0.29) is 12.3 Å². The number of pyridine rings is 1. The molecule has 0 unspecified atom stereocenters. The van der Waals surface area contributed by atoms with Gasteiger partial charge in [0.2, 0.25) is 0 Å². The highest BCUT2D eigenvalue weighted by Gasteiger charge is 2.43. The summed E-state index contributed by atoms with van der Waals surface area (Å²) in [6.07, 6.45) is 9.70. The molecule has 2 aromatic heterocycles. The zero-order chi connectivity index (χ0) is 29.6. The molecule has 3 heterocycles. The van der Waals surface area contributed by atoms with Crippen molar-refractivity contribution >= 4 is 28.6 Å². The Morgan fingerprint density at radius 1 is 1.14 bits per heavy atom. The van der Waals surface area contributed by atoms with E-state index in [9.17, 15) is 9.90 Å². The zero-order valence-electron chi connectivity index (χ0n) is 24.5. The van der Waals surface area contributed by atoms with Gasteiger partial charge in [0.25, 0.3) is 0 Å². The van der Waals surface area contributed by atoms with Crippen LogP contribution < -0.4 is 9.64 Å². The van der Waals surface area contributed by atoms with Gasteiger partial charge >= 0.3 is 5.97 Å². The second-order valence-electron chi connectivity index (χ2n) is 12.5. The lowest BCUT2D eigenvalue weighted by Crippen LogP contribution is -2.44. The number of carboxylic acid groups (broad SMARTS) is 1. The predicted octanol–water partition coefficient (Wildman–Crippen LogP) is 7.00. The Hall–Kier alpha value is -4.17. The minimum absolute atomic E-state index is 0.0149. The lowest BCUT2D eigenvalue weighted by atomic mass is 9.60. The van der Waals surface area contributed by atoms with Gasteiger partial charge in [0.05, 0.1) is 12.1 Å². The molecule has 8 nitrogen and oxygen atoms in total. The van der Waals surface area contributed by atoms with E-state index in [4.69, 9.17) is 14.4 Å². The van der Waals surface area contributed by atoms with Crippen LogP contribution in [0.5, 0.6) is 5.75 Å². The van der Waals surface area contributed by atoms with Crippen molar-refractivity contribution in [2.45, 2.75) is 57.8 Å². The van der Waals surface area contributed by atoms with Gasteiger partial charge in [0, 0.05) is 60.3 Å². The molecule has 8 heteroatoms. The van der Waals surface area contributed by atoms with Crippen LogP contribution in [0.25, 0.3) is 28.2 Å². The number of carboxylic acids is 1. The molecule has 4 aromatic rings. The highest BCUT2D eigenvalue weighted by Crippen LogP contribution is 2.54. The first-order chi connectivity index (χ1) is 20.9. The number of aliphatic hydroxyl groups is 1. The van der Waals surface area contributed by atoms with Gasteiger partial charge in [0.15, 0.2) is 5.69 Å². The lowest BCUT2D eigenvalue weighted by Gasteiger charge is -2.50. The summed E-state index contributed by atoms with van der Waals surface area (Å²) < 4.78 is 11.8. The second-order valence-corrected chi connectivity index (χ2v) is 12.5. The number of piperidine rings is 1. The number of aromatic nitrogens is 2. The molecule has 2 aromatic carbocycles. The maximum atomic E-state index is 11.6. The van der Waals surface area contributed by atoms with E-state index in [0.717, 1.165) is 66.9 Å². The van der Waals surface area contributed by atoms with Gasteiger partial charge in [-0.2, -0.15) is 0 Å². The van der Waals surface area contributed by atoms with E-state index < -0.39 is 5.97 Å². The second kappa shape index (κ2) is 11.2. The van der Waals surface area contributed by atoms with Crippen LogP contribution in [0, 0.1) is 12.3 Å². The molecule has 1 saturated heterocycles. The fourth-order valence-electron chi connectivity index (χ4n) is 6.79. The lowest BCUT2D eigenvalue weighted by molar-refractivity contribution is 0.0690. The van der Waals surface area contributed by atoms with Crippen LogP contribution in [0.3, 0.4) is 0 Å². The van der Waals surface area contributed by atoms with Crippen LogP contribution in [-0.4, -0.2) is 52.6 Å². The van der Waals surface area contributed by atoms with Crippen molar-refractivity contribution in [3.63, 3.8) is 0 Å². The number of hydrogen-bond acceptors (Lipinski definition) is 7. The quantitative estimate of drug-likeness (QED) is 0.204. The number of aromatic carboxylic acids is 1. The normalized spacial score (nSPS) is 17.7. The van der Waals surface area contributed by atoms with Gasteiger partial charge in [-0.25, -0.2) is 9.78 Å². The number of aliphatic hydroxyl groups excluding tert-OH is 1. The first-order valence-electron chi connectivity index (χ1n) is 15.3. The number of allylic oxidation sites excluding steroid dienone is 1. The molecule has 2 aliphatic carbocycles. The summed E-state index contributed by atoms with van der Waals surface area (Å²) in [6, 6.07) is 15.9. The predicted molar refractivity (Wildman–Crippen MR) is 166 cm³/mol. The number of ether oxygens (including phenoxy) is 1. The Morgan fingerprint density at radius 3 is 2.65 bits per heavy atom. The largest absolute Gasteiger partial charge is 0.493 e. The van der Waals surface area contributed by atoms with Crippen molar-refractivity contribution in [2.75, 3.05) is 31.2 Å². The summed E-state index contributed by atoms with van der Waals surface area (Å²) in [5, 5.41) is 24.0. The van der Waals surface area contributed by atoms with Crippen LogP contribution in [0.2, 0.25) is 0 Å². The molecular weight excluding hydrogens is 542 g/mol. The van der Waals surface area contributed by atoms with Gasteiger partial charge in [-0.05, 0) is 80.7 Å². The molecule has 0 bridgehead atoms. The Labute approximate surface area is 251 Å². The SMILES string of the molecule is Cc1ccccc1-c1noc(C2CC2)c1C=C1CC2(CCN(c3ccc4nc(C(=O)O)cc(OCCCO)c4c3)CC2)C1. The summed E-state index contributed by atoms with van der Waals surface area (Å²) in [4.78, 5) is 18.3. The molecule has 222 valence electrons. The molecular formula is C35H37N3O5. The summed E-state index contributed by atoms with van der Waals surface area (Å²) >= 11 is 0. The van der Waals surface area contributed by atoms with Crippen molar-refractivity contribution in [3.8, 4) is 17.0 Å². The molecule has 7 rings (SSSR count). The number of carbonyl (C=O) groups is 1. The molecule has 43 heavy (non-hydrogen) atoms. The monoisotopic (exact) mass is 579 g/mol. The molecule has 1 aliphatic heterocycles. The summed E-state index contributed by atoms with van der Waals surface area (Å²) in [5.41, 5.74) is 8.00. The third kappa shape index (κ3) is 5.40. The molecule has 1 spiro atoms. The van der Waals surface area contributed by atoms with E-state index in [0.29, 0.717) is 35.6 Å². The minimum atomic E-state index is -1.09. The molecule has 2 N–H and O–H groups in total. The molecule has 3 fully saturated rings. The fraction of sp³-hybridized carbons (Fsp3) is 0.400. The van der Waals surface area contributed by atoms with Gasteiger partial charge in [-0.3, -0.25) is 0 Å². The third-order valence-corrected chi connectivity index (χ3v) is 9.38. The van der Waals surface area contributed by atoms with Crippen molar-refractivity contribution in [1.29, 1.82) is 0 Å². The Bertz CT molecular complexity index is 1700. The standard InChI is InChI=1S/C35H37N3O5/c1-22-5-2-3-6-26(22)32-28(33(43-37-32)24-7-8-24)17-23-20-35(21-23)11-13-38(14-12-35)25-9-10-29-27(18-25)31(42-16-4-15-39)19-30(36-29)34(40)41/h2-3,5-6,9-10,17-19,24,39H,4,7-8,11-16,20-21H2,1H3,(H,40,41). The van der Waals surface area contributed by atoms with Crippen molar-refractivity contribution < 1.29 is 24.3 Å². The molecule has 3 aliphatic rings. The van der Waals surface area contributed by atoms with Crippen LogP contribution in [-0.2, 0) is 0 Å². The minimum Gasteiger partial charge on any atom is -0.493 e. The van der Waals surface area contributed by atoms with Gasteiger partial charge in [-0.15, -0.1) is 0 Å². The first kappa shape index (κ1) is 27.7. The number of anilines is 1. The number of hydrogen-bond donors (Lipinski definition) is 2. The smallest absolute Gasteiger partial charge is 0.354 e. The topological polar surface area (TPSA) is 109 Å². The maximum Gasteiger partial charge on any atom is 0.354 e. The third-order valence-electron chi connectivity index (χ3n) is 9.38. The van der Waals surface area contributed by atoms with Crippen molar-refractivity contribution in [3.05, 3.63) is 76.7 Å². The zero-order valence-corrected chi connectivity index (χ0v) is 24.5. The fourth-order valence-corrected chi connectivity index (χ4v) is 6.79. The molecule has 2 saturated carbocycles. The van der Waals surface area contributed by atoms with E-state index in [1.807, 2.05) is 12.1 Å². The average Bonchev–Trinajstić information content (AvgIpc) is 3.76. The first-order valence-corrected chi connectivity index (χ1v) is 15.3. The maximum absolute atomic E-state index is 11.6. The summed E-state index contributed by atoms with van der Waals surface area (Å²) in [6.45, 7) is 4.39. The van der Waals surface area contributed by atoms with Gasteiger partial charge in [-0.1, -0.05) is 35.0 Å². The number of benzene rings is 2. The number of rotatable bonds is 9. The average molecular weight is 580 g/mol. The van der Waals surface area contributed by atoms with E-state index in [1.165, 1.54) is 35.6 Å². The van der Waals surface area contributed by atoms with E-state index >= 15 is 0 Å². The highest BCUT2D eigenvalue weighted by atomic mass is 16.5. The highest BCUT2D eigenvalue weighted by molar-refractivity contribution is 5.94. The number of fused-ring (bicyclic) bond motifs is 1. The van der Waals surface area contributed by atoms with Gasteiger partial charge < -0.3 is 24.4 Å². The summed E-state index contributed by atoms with van der Waals surface area (Å²) in [5.74, 6) is 0.960. The van der Waals surface area contributed by atoms with E-state index in [2.05, 4.69) is 58.4 Å². The number of nitrogens with zero attached hydrogens (tertiary/aromatic N) is 3. The van der Waals surface area contributed by atoms with E-state index in [1.54, 1.807) is 0 Å². The summed E-state index contributed by atoms with van der Waals surface area (Å²) in [7, 11) is 0. The van der Waals surface area contributed by atoms with Crippen molar-refractivity contribution in [2.24, 2.45) is 5.41 Å². The number of aryl methyl sites for hydroxylation is 1. The Balaban J connectivity index is 1.07. The molecule has 0 atom stereocenters.